The number of rotatable bonds is 7. The standard InChI is InChI=1S/C23H31N3O2S/c1-17-7-12-21(22(14-17)27-4)24-23(29)26(16-20-6-5-13-28-20)15-18-8-10-19(11-9-18)25(2)3/h7-12,14,20H,5-6,13,15-16H2,1-4H3,(H,24,29). The van der Waals surface area contributed by atoms with Crippen molar-refractivity contribution in [3.05, 3.63) is 53.6 Å². The third-order valence-electron chi connectivity index (χ3n) is 5.16. The van der Waals surface area contributed by atoms with Gasteiger partial charge in [0, 0.05) is 39.5 Å². The lowest BCUT2D eigenvalue weighted by atomic mass is 10.1. The molecule has 156 valence electrons. The molecular weight excluding hydrogens is 382 g/mol. The number of anilines is 2. The van der Waals surface area contributed by atoms with Crippen LogP contribution in [0.15, 0.2) is 42.5 Å². The van der Waals surface area contributed by atoms with Gasteiger partial charge in [-0.3, -0.25) is 0 Å². The number of hydrogen-bond acceptors (Lipinski definition) is 4. The van der Waals surface area contributed by atoms with Crippen molar-refractivity contribution in [2.24, 2.45) is 0 Å². The fourth-order valence-corrected chi connectivity index (χ4v) is 3.72. The normalized spacial score (nSPS) is 15.8. The predicted octanol–water partition coefficient (Wildman–Crippen LogP) is 4.45. The summed E-state index contributed by atoms with van der Waals surface area (Å²) in [6.07, 6.45) is 2.41. The van der Waals surface area contributed by atoms with Crippen LogP contribution in [0, 0.1) is 6.92 Å². The molecule has 0 bridgehead atoms. The summed E-state index contributed by atoms with van der Waals surface area (Å²) < 4.78 is 11.4. The maximum atomic E-state index is 5.87. The minimum absolute atomic E-state index is 0.218. The Morgan fingerprint density at radius 1 is 1.21 bits per heavy atom. The molecule has 1 heterocycles. The van der Waals surface area contributed by atoms with Crippen LogP contribution >= 0.6 is 12.2 Å². The molecule has 2 aromatic carbocycles. The molecule has 0 amide bonds. The van der Waals surface area contributed by atoms with Crippen molar-refractivity contribution in [3.63, 3.8) is 0 Å². The summed E-state index contributed by atoms with van der Waals surface area (Å²) in [4.78, 5) is 4.29. The summed E-state index contributed by atoms with van der Waals surface area (Å²) in [7, 11) is 5.78. The highest BCUT2D eigenvalue weighted by Crippen LogP contribution is 2.26. The molecule has 2 aromatic rings. The molecule has 6 heteroatoms. The average Bonchev–Trinajstić information content (AvgIpc) is 3.22. The first-order chi connectivity index (χ1) is 14.0. The molecule has 1 aliphatic heterocycles. The third-order valence-corrected chi connectivity index (χ3v) is 5.52. The predicted molar refractivity (Wildman–Crippen MR) is 124 cm³/mol. The lowest BCUT2D eigenvalue weighted by molar-refractivity contribution is 0.0905. The summed E-state index contributed by atoms with van der Waals surface area (Å²) in [6, 6.07) is 14.7. The van der Waals surface area contributed by atoms with Crippen LogP contribution in [0.1, 0.15) is 24.0 Å². The van der Waals surface area contributed by atoms with Gasteiger partial charge in [0.25, 0.3) is 0 Å². The SMILES string of the molecule is COc1cc(C)ccc1NC(=S)N(Cc1ccc(N(C)C)cc1)CC1CCCO1. The fourth-order valence-electron chi connectivity index (χ4n) is 3.47. The molecule has 1 atom stereocenters. The summed E-state index contributed by atoms with van der Waals surface area (Å²) >= 11 is 5.79. The van der Waals surface area contributed by atoms with Crippen molar-refractivity contribution in [2.45, 2.75) is 32.4 Å². The van der Waals surface area contributed by atoms with Crippen LogP contribution in [0.5, 0.6) is 5.75 Å². The maximum absolute atomic E-state index is 5.87. The Labute approximate surface area is 179 Å². The first kappa shape index (κ1) is 21.4. The fraction of sp³-hybridized carbons (Fsp3) is 0.435. The van der Waals surface area contributed by atoms with Gasteiger partial charge in [0.2, 0.25) is 0 Å². The minimum Gasteiger partial charge on any atom is -0.495 e. The Hall–Kier alpha value is -2.31. The van der Waals surface area contributed by atoms with Crippen LogP contribution in [-0.4, -0.2) is 50.5 Å². The van der Waals surface area contributed by atoms with Crippen LogP contribution in [0.2, 0.25) is 0 Å². The van der Waals surface area contributed by atoms with Crippen LogP contribution in [0.25, 0.3) is 0 Å². The maximum Gasteiger partial charge on any atom is 0.173 e. The van der Waals surface area contributed by atoms with Gasteiger partial charge < -0.3 is 24.6 Å². The highest BCUT2D eigenvalue weighted by Gasteiger charge is 2.22. The van der Waals surface area contributed by atoms with Gasteiger partial charge in [0.1, 0.15) is 5.75 Å². The molecule has 0 saturated carbocycles. The van der Waals surface area contributed by atoms with Crippen LogP contribution in [0.3, 0.4) is 0 Å². The summed E-state index contributed by atoms with van der Waals surface area (Å²) in [5.74, 6) is 0.791. The number of thiocarbonyl (C=S) groups is 1. The van der Waals surface area contributed by atoms with E-state index in [0.717, 1.165) is 49.5 Å². The molecule has 0 spiro atoms. The average molecular weight is 414 g/mol. The van der Waals surface area contributed by atoms with Gasteiger partial charge in [-0.1, -0.05) is 18.2 Å². The third kappa shape index (κ3) is 5.84. The van der Waals surface area contributed by atoms with Gasteiger partial charge in [-0.15, -0.1) is 0 Å². The van der Waals surface area contributed by atoms with E-state index in [2.05, 4.69) is 45.4 Å². The number of aryl methyl sites for hydroxylation is 1. The Bertz CT molecular complexity index is 817. The number of hydrogen-bond donors (Lipinski definition) is 1. The van der Waals surface area contributed by atoms with Gasteiger partial charge in [0.05, 0.1) is 18.9 Å². The molecule has 1 saturated heterocycles. The van der Waals surface area contributed by atoms with Crippen molar-refractivity contribution in [3.8, 4) is 5.75 Å². The summed E-state index contributed by atoms with van der Waals surface area (Å²) in [5, 5.41) is 4.06. The molecule has 1 aliphatic rings. The second-order valence-electron chi connectivity index (χ2n) is 7.71. The van der Waals surface area contributed by atoms with E-state index in [4.69, 9.17) is 21.7 Å². The Morgan fingerprint density at radius 2 is 1.97 bits per heavy atom. The van der Waals surface area contributed by atoms with E-state index in [0.29, 0.717) is 5.11 Å². The Morgan fingerprint density at radius 3 is 2.59 bits per heavy atom. The Balaban J connectivity index is 1.76. The molecule has 0 aromatic heterocycles. The highest BCUT2D eigenvalue weighted by molar-refractivity contribution is 7.80. The number of nitrogens with one attached hydrogen (secondary N) is 1. The van der Waals surface area contributed by atoms with E-state index in [1.54, 1.807) is 7.11 Å². The minimum atomic E-state index is 0.218. The quantitative estimate of drug-likeness (QED) is 0.676. The number of benzene rings is 2. The van der Waals surface area contributed by atoms with Crippen LogP contribution in [-0.2, 0) is 11.3 Å². The second kappa shape index (κ2) is 9.94. The van der Waals surface area contributed by atoms with Crippen LogP contribution < -0.4 is 15.0 Å². The second-order valence-corrected chi connectivity index (χ2v) is 8.10. The van der Waals surface area contributed by atoms with Crippen molar-refractivity contribution in [2.75, 3.05) is 44.6 Å². The molecule has 0 aliphatic carbocycles. The highest BCUT2D eigenvalue weighted by atomic mass is 32.1. The molecule has 1 N–H and O–H groups in total. The van der Waals surface area contributed by atoms with E-state index in [1.165, 1.54) is 11.3 Å². The molecule has 0 radical (unpaired) electrons. The van der Waals surface area contributed by atoms with Gasteiger partial charge >= 0.3 is 0 Å². The zero-order chi connectivity index (χ0) is 20.8. The molecule has 29 heavy (non-hydrogen) atoms. The van der Waals surface area contributed by atoms with E-state index in [1.807, 2.05) is 33.2 Å². The first-order valence-electron chi connectivity index (χ1n) is 10.0. The first-order valence-corrected chi connectivity index (χ1v) is 10.5. The van der Waals surface area contributed by atoms with Gasteiger partial charge in [-0.2, -0.15) is 0 Å². The van der Waals surface area contributed by atoms with E-state index < -0.39 is 0 Å². The molecule has 3 rings (SSSR count). The summed E-state index contributed by atoms with van der Waals surface area (Å²) in [5.41, 5.74) is 4.43. The molecule has 5 nitrogen and oxygen atoms in total. The van der Waals surface area contributed by atoms with Gasteiger partial charge in [0.15, 0.2) is 5.11 Å². The summed E-state index contributed by atoms with van der Waals surface area (Å²) in [6.45, 7) is 4.39. The van der Waals surface area contributed by atoms with Crippen molar-refractivity contribution >= 4 is 28.7 Å². The lowest BCUT2D eigenvalue weighted by Crippen LogP contribution is -2.39. The van der Waals surface area contributed by atoms with E-state index in [-0.39, 0.29) is 6.10 Å². The lowest BCUT2D eigenvalue weighted by Gasteiger charge is -2.29. The van der Waals surface area contributed by atoms with E-state index in [9.17, 15) is 0 Å². The zero-order valence-corrected chi connectivity index (χ0v) is 18.6. The smallest absolute Gasteiger partial charge is 0.173 e. The molecule has 1 fully saturated rings. The largest absolute Gasteiger partial charge is 0.495 e. The Kier molecular flexibility index (Phi) is 7.34. The van der Waals surface area contributed by atoms with Crippen molar-refractivity contribution < 1.29 is 9.47 Å². The van der Waals surface area contributed by atoms with E-state index >= 15 is 0 Å². The molecule has 1 unspecified atom stereocenters. The number of ether oxygens (including phenoxy) is 2. The number of nitrogens with zero attached hydrogens (tertiary/aromatic N) is 2. The van der Waals surface area contributed by atoms with Gasteiger partial charge in [-0.05, 0) is 67.4 Å². The van der Waals surface area contributed by atoms with Gasteiger partial charge in [-0.25, -0.2) is 0 Å². The van der Waals surface area contributed by atoms with Crippen LogP contribution in [0.4, 0.5) is 11.4 Å². The zero-order valence-electron chi connectivity index (χ0n) is 17.8. The van der Waals surface area contributed by atoms with Crippen molar-refractivity contribution in [1.29, 1.82) is 0 Å². The monoisotopic (exact) mass is 413 g/mol. The van der Waals surface area contributed by atoms with Crippen molar-refractivity contribution in [1.82, 2.24) is 4.90 Å². The molecular formula is C23H31N3O2S. The number of methoxy groups -OCH3 is 1. The topological polar surface area (TPSA) is 37.0 Å².